The highest BCUT2D eigenvalue weighted by Crippen LogP contribution is 2.26. The van der Waals surface area contributed by atoms with Gasteiger partial charge in [-0.3, -0.25) is 4.79 Å². The average Bonchev–Trinajstić information content (AvgIpc) is 2.54. The van der Waals surface area contributed by atoms with Crippen LogP contribution in [0.25, 0.3) is 0 Å². The molecule has 0 aliphatic rings. The van der Waals surface area contributed by atoms with Gasteiger partial charge in [-0.2, -0.15) is 0 Å². The summed E-state index contributed by atoms with van der Waals surface area (Å²) in [6.45, 7) is 3.66. The van der Waals surface area contributed by atoms with Crippen LogP contribution in [0.5, 0.6) is 0 Å². The zero-order chi connectivity index (χ0) is 18.3. The standard InChI is InChI=1S/C17H26O6S/c1-12-6-8-14(9-7-12)24(19,20)11-13(2)15(10-16(18)21-3)17(22-4)23-5/h6-9,13,15,17H,10-11H2,1-5H3. The van der Waals surface area contributed by atoms with Gasteiger partial charge in [0.15, 0.2) is 16.1 Å². The van der Waals surface area contributed by atoms with Gasteiger partial charge in [-0.1, -0.05) is 24.6 Å². The lowest BCUT2D eigenvalue weighted by molar-refractivity contribution is -0.163. The van der Waals surface area contributed by atoms with Gasteiger partial charge in [-0.25, -0.2) is 8.42 Å². The minimum absolute atomic E-state index is 0.0213. The van der Waals surface area contributed by atoms with Crippen LogP contribution in [-0.2, 0) is 28.8 Å². The molecule has 24 heavy (non-hydrogen) atoms. The van der Waals surface area contributed by atoms with E-state index in [1.54, 1.807) is 31.2 Å². The first-order valence-electron chi connectivity index (χ1n) is 7.67. The molecule has 0 saturated heterocycles. The van der Waals surface area contributed by atoms with Crippen molar-refractivity contribution in [1.82, 2.24) is 0 Å². The number of carbonyl (C=O) groups is 1. The number of sulfone groups is 1. The molecule has 6 nitrogen and oxygen atoms in total. The molecule has 136 valence electrons. The zero-order valence-electron chi connectivity index (χ0n) is 14.8. The van der Waals surface area contributed by atoms with E-state index >= 15 is 0 Å². The van der Waals surface area contributed by atoms with Gasteiger partial charge < -0.3 is 14.2 Å². The Morgan fingerprint density at radius 3 is 2.08 bits per heavy atom. The summed E-state index contributed by atoms with van der Waals surface area (Å²) in [6, 6.07) is 6.71. The second-order valence-electron chi connectivity index (χ2n) is 5.86. The molecule has 1 rings (SSSR count). The molecular formula is C17H26O6S. The summed E-state index contributed by atoms with van der Waals surface area (Å²) in [7, 11) is 0.732. The first-order valence-corrected chi connectivity index (χ1v) is 9.32. The largest absolute Gasteiger partial charge is 0.469 e. The molecule has 0 saturated carbocycles. The molecular weight excluding hydrogens is 332 g/mol. The number of hydrogen-bond acceptors (Lipinski definition) is 6. The van der Waals surface area contributed by atoms with Crippen LogP contribution < -0.4 is 0 Å². The molecule has 0 heterocycles. The molecule has 0 radical (unpaired) electrons. The first-order chi connectivity index (χ1) is 11.2. The first kappa shape index (κ1) is 20.6. The molecule has 2 unspecified atom stereocenters. The third-order valence-corrected chi connectivity index (χ3v) is 5.99. The Morgan fingerprint density at radius 1 is 1.08 bits per heavy atom. The number of rotatable bonds is 9. The number of carbonyl (C=O) groups excluding carboxylic acids is 1. The van der Waals surface area contributed by atoms with Crippen molar-refractivity contribution >= 4 is 15.8 Å². The molecule has 0 amide bonds. The van der Waals surface area contributed by atoms with Gasteiger partial charge in [-0.05, 0) is 25.0 Å². The summed E-state index contributed by atoms with van der Waals surface area (Å²) < 4.78 is 40.4. The summed E-state index contributed by atoms with van der Waals surface area (Å²) in [5.41, 5.74) is 0.990. The Labute approximate surface area is 144 Å². The van der Waals surface area contributed by atoms with Gasteiger partial charge in [0.2, 0.25) is 0 Å². The van der Waals surface area contributed by atoms with Gasteiger partial charge in [-0.15, -0.1) is 0 Å². The third kappa shape index (κ3) is 5.58. The summed E-state index contributed by atoms with van der Waals surface area (Å²) >= 11 is 0. The molecule has 7 heteroatoms. The quantitative estimate of drug-likeness (QED) is 0.497. The van der Waals surface area contributed by atoms with Crippen LogP contribution >= 0.6 is 0 Å². The van der Waals surface area contributed by atoms with Crippen molar-refractivity contribution in [2.45, 2.75) is 31.5 Å². The van der Waals surface area contributed by atoms with Gasteiger partial charge in [0.1, 0.15) is 0 Å². The van der Waals surface area contributed by atoms with Crippen LogP contribution in [0.4, 0.5) is 0 Å². The Balaban J connectivity index is 2.98. The number of benzene rings is 1. The molecule has 2 atom stereocenters. The highest BCUT2D eigenvalue weighted by Gasteiger charge is 2.33. The second kappa shape index (κ2) is 9.15. The molecule has 0 aliphatic carbocycles. The molecule has 0 aliphatic heterocycles. The van der Waals surface area contributed by atoms with Crippen LogP contribution in [0.1, 0.15) is 18.9 Å². The number of esters is 1. The lowest BCUT2D eigenvalue weighted by Gasteiger charge is -2.29. The van der Waals surface area contributed by atoms with Crippen LogP contribution in [0.3, 0.4) is 0 Å². The minimum Gasteiger partial charge on any atom is -0.469 e. The van der Waals surface area contributed by atoms with E-state index in [2.05, 4.69) is 0 Å². The fraction of sp³-hybridized carbons (Fsp3) is 0.588. The van der Waals surface area contributed by atoms with Gasteiger partial charge >= 0.3 is 5.97 Å². The van der Waals surface area contributed by atoms with Crippen molar-refractivity contribution < 1.29 is 27.4 Å². The van der Waals surface area contributed by atoms with Crippen LogP contribution in [0.2, 0.25) is 0 Å². The van der Waals surface area contributed by atoms with E-state index in [9.17, 15) is 13.2 Å². The Morgan fingerprint density at radius 2 is 1.62 bits per heavy atom. The van der Waals surface area contributed by atoms with E-state index in [1.807, 2.05) is 6.92 Å². The summed E-state index contributed by atoms with van der Waals surface area (Å²) in [5.74, 6) is -1.34. The Bertz CT molecular complexity index is 619. The summed E-state index contributed by atoms with van der Waals surface area (Å²) in [5, 5.41) is 0. The van der Waals surface area contributed by atoms with Gasteiger partial charge in [0.05, 0.1) is 24.2 Å². The van der Waals surface area contributed by atoms with E-state index in [0.717, 1.165) is 5.56 Å². The molecule has 0 bridgehead atoms. The number of aryl methyl sites for hydroxylation is 1. The van der Waals surface area contributed by atoms with Crippen molar-refractivity contribution in [1.29, 1.82) is 0 Å². The molecule has 0 spiro atoms. The minimum atomic E-state index is -3.48. The maximum absolute atomic E-state index is 12.6. The fourth-order valence-electron chi connectivity index (χ4n) is 2.60. The van der Waals surface area contributed by atoms with E-state index in [4.69, 9.17) is 14.2 Å². The lowest BCUT2D eigenvalue weighted by atomic mass is 9.91. The van der Waals surface area contributed by atoms with E-state index in [0.29, 0.717) is 0 Å². The highest BCUT2D eigenvalue weighted by molar-refractivity contribution is 7.91. The average molecular weight is 358 g/mol. The van der Waals surface area contributed by atoms with Crippen LogP contribution in [0, 0.1) is 18.8 Å². The van der Waals surface area contributed by atoms with Crippen molar-refractivity contribution in [3.05, 3.63) is 29.8 Å². The Hall–Kier alpha value is -1.44. The Kier molecular flexibility index (Phi) is 7.86. The van der Waals surface area contributed by atoms with Crippen LogP contribution in [-0.4, -0.2) is 47.8 Å². The number of hydrogen-bond donors (Lipinski definition) is 0. The van der Waals surface area contributed by atoms with Gasteiger partial charge in [0.25, 0.3) is 0 Å². The summed E-state index contributed by atoms with van der Waals surface area (Å²) in [6.07, 6.45) is -0.666. The number of methoxy groups -OCH3 is 3. The molecule has 0 fully saturated rings. The molecule has 1 aromatic carbocycles. The number of ether oxygens (including phenoxy) is 3. The SMILES string of the molecule is COC(=O)CC(C(C)CS(=O)(=O)c1ccc(C)cc1)C(OC)OC. The lowest BCUT2D eigenvalue weighted by Crippen LogP contribution is -2.35. The van der Waals surface area contributed by atoms with Crippen molar-refractivity contribution in [3.63, 3.8) is 0 Å². The summed E-state index contributed by atoms with van der Waals surface area (Å²) in [4.78, 5) is 11.9. The molecule has 0 aromatic heterocycles. The topological polar surface area (TPSA) is 78.9 Å². The normalized spacial score (nSPS) is 14.4. The van der Waals surface area contributed by atoms with Gasteiger partial charge in [0, 0.05) is 20.1 Å². The smallest absolute Gasteiger partial charge is 0.305 e. The molecule has 1 aromatic rings. The van der Waals surface area contributed by atoms with E-state index < -0.39 is 28.0 Å². The van der Waals surface area contributed by atoms with Crippen molar-refractivity contribution in [3.8, 4) is 0 Å². The van der Waals surface area contributed by atoms with E-state index in [-0.39, 0.29) is 23.0 Å². The predicted octanol–water partition coefficient (Wildman–Crippen LogP) is 2.20. The van der Waals surface area contributed by atoms with Crippen molar-refractivity contribution in [2.24, 2.45) is 11.8 Å². The van der Waals surface area contributed by atoms with Crippen LogP contribution in [0.15, 0.2) is 29.2 Å². The zero-order valence-corrected chi connectivity index (χ0v) is 15.6. The molecule has 0 N–H and O–H groups in total. The second-order valence-corrected chi connectivity index (χ2v) is 7.89. The van der Waals surface area contributed by atoms with Crippen molar-refractivity contribution in [2.75, 3.05) is 27.1 Å². The van der Waals surface area contributed by atoms with E-state index in [1.165, 1.54) is 21.3 Å². The fourth-order valence-corrected chi connectivity index (χ4v) is 4.28. The maximum atomic E-state index is 12.6. The predicted molar refractivity (Wildman–Crippen MR) is 90.3 cm³/mol. The maximum Gasteiger partial charge on any atom is 0.305 e. The monoisotopic (exact) mass is 358 g/mol. The highest BCUT2D eigenvalue weighted by atomic mass is 32.2. The third-order valence-electron chi connectivity index (χ3n) is 4.04.